The molecule has 1 amide bonds. The molecule has 0 aliphatic rings. The van der Waals surface area contributed by atoms with E-state index in [0.29, 0.717) is 18.8 Å². The fourth-order valence-electron chi connectivity index (χ4n) is 1.88. The van der Waals surface area contributed by atoms with E-state index in [4.69, 9.17) is 9.90 Å². The predicted octanol–water partition coefficient (Wildman–Crippen LogP) is 1.71. The Hall–Kier alpha value is -2.90. The first-order valence-electron chi connectivity index (χ1n) is 7.55. The van der Waals surface area contributed by atoms with Crippen LogP contribution in [0.25, 0.3) is 0 Å². The van der Waals surface area contributed by atoms with Gasteiger partial charge in [-0.1, -0.05) is 0 Å². The Morgan fingerprint density at radius 3 is 2.67 bits per heavy atom. The lowest BCUT2D eigenvalue weighted by molar-refractivity contribution is -0.122. The van der Waals surface area contributed by atoms with Gasteiger partial charge in [0.15, 0.2) is 0 Å². The van der Waals surface area contributed by atoms with Gasteiger partial charge >= 0.3 is 0 Å². The van der Waals surface area contributed by atoms with Crippen molar-refractivity contribution < 1.29 is 14.7 Å². The summed E-state index contributed by atoms with van der Waals surface area (Å²) in [4.78, 5) is 24.3. The summed E-state index contributed by atoms with van der Waals surface area (Å²) in [5, 5.41) is 17.2. The zero-order valence-corrected chi connectivity index (χ0v) is 14.1. The first-order chi connectivity index (χ1) is 11.5. The minimum absolute atomic E-state index is 0.150. The second-order valence-electron chi connectivity index (χ2n) is 5.25. The number of anilines is 1. The van der Waals surface area contributed by atoms with E-state index >= 15 is 0 Å². The number of hydrogen-bond donors (Lipinski definition) is 3. The number of aromatic nitrogens is 3. The van der Waals surface area contributed by atoms with Crippen molar-refractivity contribution in [2.45, 2.75) is 26.8 Å². The number of carbonyl (C=O) groups excluding carboxylic acids is 1. The molecule has 0 fully saturated rings. The van der Waals surface area contributed by atoms with Gasteiger partial charge in [-0.25, -0.2) is 0 Å². The Kier molecular flexibility index (Phi) is 7.97. The van der Waals surface area contributed by atoms with Crippen LogP contribution >= 0.6 is 0 Å². The van der Waals surface area contributed by atoms with Crippen molar-refractivity contribution in [1.82, 2.24) is 20.1 Å². The van der Waals surface area contributed by atoms with Gasteiger partial charge in [0.1, 0.15) is 5.69 Å². The van der Waals surface area contributed by atoms with Gasteiger partial charge in [-0.15, -0.1) is 0 Å². The molecule has 0 atom stereocenters. The molecule has 0 saturated heterocycles. The Morgan fingerprint density at radius 2 is 2.08 bits per heavy atom. The fourth-order valence-corrected chi connectivity index (χ4v) is 1.88. The number of carboxylic acid groups (broad SMARTS) is 1. The molecule has 0 radical (unpaired) electrons. The summed E-state index contributed by atoms with van der Waals surface area (Å²) in [5.41, 5.74) is 2.56. The maximum atomic E-state index is 11.9. The molecule has 0 saturated carbocycles. The second-order valence-corrected chi connectivity index (χ2v) is 5.25. The summed E-state index contributed by atoms with van der Waals surface area (Å²) in [6.07, 6.45) is 5.37. The van der Waals surface area contributed by atoms with Crippen LogP contribution in [-0.4, -0.2) is 45.3 Å². The van der Waals surface area contributed by atoms with Gasteiger partial charge in [-0.3, -0.25) is 19.3 Å². The molecule has 24 heavy (non-hydrogen) atoms. The normalized spacial score (nSPS) is 9.83. The van der Waals surface area contributed by atoms with Crippen LogP contribution in [0.2, 0.25) is 0 Å². The number of rotatable bonds is 6. The van der Waals surface area contributed by atoms with Crippen molar-refractivity contribution in [1.29, 1.82) is 0 Å². The second kappa shape index (κ2) is 9.98. The summed E-state index contributed by atoms with van der Waals surface area (Å²) >= 11 is 0. The van der Waals surface area contributed by atoms with Crippen LogP contribution in [-0.2, 0) is 4.79 Å². The Bertz CT molecular complexity index is 655. The lowest BCUT2D eigenvalue weighted by Crippen LogP contribution is -2.29. The van der Waals surface area contributed by atoms with E-state index in [2.05, 4.69) is 20.7 Å². The summed E-state index contributed by atoms with van der Waals surface area (Å²) < 4.78 is 1.77. The van der Waals surface area contributed by atoms with Crippen molar-refractivity contribution in [2.75, 3.05) is 18.4 Å². The van der Waals surface area contributed by atoms with Crippen LogP contribution in [0.15, 0.2) is 30.7 Å². The molecule has 8 heteroatoms. The Balaban J connectivity index is 0.000000891. The minimum atomic E-state index is -0.250. The molecule has 2 rings (SSSR count). The van der Waals surface area contributed by atoms with Crippen LogP contribution in [0.1, 0.15) is 35.9 Å². The summed E-state index contributed by atoms with van der Waals surface area (Å²) in [6, 6.07) is 3.90. The van der Waals surface area contributed by atoms with Gasteiger partial charge < -0.3 is 15.7 Å². The van der Waals surface area contributed by atoms with Crippen LogP contribution in [0.3, 0.4) is 0 Å². The fraction of sp³-hybridized carbons (Fsp3) is 0.375. The van der Waals surface area contributed by atoms with Gasteiger partial charge in [0, 0.05) is 43.4 Å². The number of hydrogen-bond acceptors (Lipinski definition) is 5. The summed E-state index contributed by atoms with van der Waals surface area (Å²) in [7, 11) is 0. The summed E-state index contributed by atoms with van der Waals surface area (Å²) in [5.74, 6) is -0.150. The third-order valence-corrected chi connectivity index (χ3v) is 3.12. The highest BCUT2D eigenvalue weighted by Crippen LogP contribution is 2.10. The van der Waals surface area contributed by atoms with Gasteiger partial charge in [0.25, 0.3) is 12.4 Å². The topological polar surface area (TPSA) is 109 Å². The number of nitrogens with one attached hydrogen (secondary N) is 2. The third kappa shape index (κ3) is 6.07. The third-order valence-electron chi connectivity index (χ3n) is 3.12. The molecule has 2 aromatic heterocycles. The van der Waals surface area contributed by atoms with E-state index in [1.165, 1.54) is 0 Å². The number of nitrogens with zero attached hydrogens (tertiary/aromatic N) is 3. The molecule has 0 spiro atoms. The summed E-state index contributed by atoms with van der Waals surface area (Å²) in [6.45, 7) is 6.98. The van der Waals surface area contributed by atoms with E-state index in [1.807, 2.05) is 33.0 Å². The molecule has 3 N–H and O–H groups in total. The molecular formula is C16H23N5O3. The maximum Gasteiger partial charge on any atom is 0.290 e. The Morgan fingerprint density at radius 1 is 1.38 bits per heavy atom. The van der Waals surface area contributed by atoms with Crippen molar-refractivity contribution in [3.8, 4) is 0 Å². The largest absolute Gasteiger partial charge is 0.483 e. The molecular weight excluding hydrogens is 310 g/mol. The van der Waals surface area contributed by atoms with Gasteiger partial charge in [0.05, 0.1) is 0 Å². The van der Waals surface area contributed by atoms with Crippen LogP contribution in [0.5, 0.6) is 0 Å². The van der Waals surface area contributed by atoms with Gasteiger partial charge in [-0.2, -0.15) is 5.10 Å². The van der Waals surface area contributed by atoms with E-state index in [-0.39, 0.29) is 18.4 Å². The van der Waals surface area contributed by atoms with Crippen molar-refractivity contribution in [3.05, 3.63) is 42.0 Å². The van der Waals surface area contributed by atoms with Crippen LogP contribution < -0.4 is 10.6 Å². The van der Waals surface area contributed by atoms with Crippen molar-refractivity contribution in [3.63, 3.8) is 0 Å². The molecule has 2 aromatic rings. The molecule has 0 aliphatic carbocycles. The van der Waals surface area contributed by atoms with Crippen molar-refractivity contribution in [2.24, 2.45) is 0 Å². The zero-order chi connectivity index (χ0) is 17.9. The SMILES string of the molecule is Cc1cnccc1NCCNC(=O)c1ccn(C(C)C)n1.O=CO. The van der Waals surface area contributed by atoms with Crippen LogP contribution in [0, 0.1) is 6.92 Å². The Labute approximate surface area is 140 Å². The van der Waals surface area contributed by atoms with E-state index < -0.39 is 0 Å². The first-order valence-corrected chi connectivity index (χ1v) is 7.55. The molecule has 0 bridgehead atoms. The van der Waals surface area contributed by atoms with Gasteiger partial charge in [-0.05, 0) is 38.5 Å². The molecule has 8 nitrogen and oxygen atoms in total. The average molecular weight is 333 g/mol. The monoisotopic (exact) mass is 333 g/mol. The maximum absolute atomic E-state index is 11.9. The standard InChI is InChI=1S/C15H21N5O.CH2O2/c1-11(2)20-9-5-14(19-20)15(21)18-8-7-17-13-4-6-16-10-12(13)3;2-1-3/h4-6,9-11H,7-8H2,1-3H3,(H,16,17)(H,18,21);1H,(H,2,3). The lowest BCUT2D eigenvalue weighted by Gasteiger charge is -2.09. The van der Waals surface area contributed by atoms with Gasteiger partial charge in [0.2, 0.25) is 0 Å². The molecule has 0 aromatic carbocycles. The van der Waals surface area contributed by atoms with Crippen LogP contribution in [0.4, 0.5) is 5.69 Å². The predicted molar refractivity (Wildman–Crippen MR) is 91.1 cm³/mol. The smallest absolute Gasteiger partial charge is 0.290 e. The molecule has 2 heterocycles. The number of aryl methyl sites for hydroxylation is 1. The highest BCUT2D eigenvalue weighted by molar-refractivity contribution is 5.92. The van der Waals surface area contributed by atoms with E-state index in [1.54, 1.807) is 23.1 Å². The number of carbonyl (C=O) groups is 2. The lowest BCUT2D eigenvalue weighted by atomic mass is 10.2. The molecule has 0 aliphatic heterocycles. The zero-order valence-electron chi connectivity index (χ0n) is 14.1. The van der Waals surface area contributed by atoms with E-state index in [9.17, 15) is 4.79 Å². The highest BCUT2D eigenvalue weighted by atomic mass is 16.3. The van der Waals surface area contributed by atoms with Crippen molar-refractivity contribution >= 4 is 18.1 Å². The highest BCUT2D eigenvalue weighted by Gasteiger charge is 2.09. The minimum Gasteiger partial charge on any atom is -0.483 e. The quantitative estimate of drug-likeness (QED) is 0.548. The van der Waals surface area contributed by atoms with E-state index in [0.717, 1.165) is 11.3 Å². The number of amides is 1. The molecule has 130 valence electrons. The first kappa shape index (κ1) is 19.1. The average Bonchev–Trinajstić information content (AvgIpc) is 3.04. The molecule has 0 unspecified atom stereocenters. The number of pyridine rings is 1.